The van der Waals surface area contributed by atoms with Crippen molar-refractivity contribution >= 4 is 47.7 Å². The molecule has 0 amide bonds. The lowest BCUT2D eigenvalue weighted by Crippen LogP contribution is -2.45. The van der Waals surface area contributed by atoms with Crippen molar-refractivity contribution in [3.8, 4) is 0 Å². The topological polar surface area (TPSA) is 89.0 Å². The summed E-state index contributed by atoms with van der Waals surface area (Å²) in [6.45, 7) is 3.60. The first-order valence-electron chi connectivity index (χ1n) is 9.43. The van der Waals surface area contributed by atoms with Crippen molar-refractivity contribution in [2.45, 2.75) is 37.1 Å². The Labute approximate surface area is 198 Å². The van der Waals surface area contributed by atoms with E-state index in [0.29, 0.717) is 23.4 Å². The number of halogens is 2. The number of carbonyl (C=O) groups is 1. The Bertz CT molecular complexity index is 1200. The zero-order valence-electron chi connectivity index (χ0n) is 17.0. The Morgan fingerprint density at radius 1 is 1.06 bits per heavy atom. The second-order valence-corrected chi connectivity index (χ2v) is 11.2. The number of Topliss-reactive ketones (excluding diaryl/α,β-unsaturated/α-hetero) is 1. The van der Waals surface area contributed by atoms with Crippen LogP contribution in [0.25, 0.3) is 0 Å². The maximum absolute atomic E-state index is 12.7. The molecule has 0 aliphatic carbocycles. The van der Waals surface area contributed by atoms with Gasteiger partial charge in [-0.05, 0) is 76.0 Å². The highest BCUT2D eigenvalue weighted by molar-refractivity contribution is 9.10. The second kappa shape index (κ2) is 9.68. The molecule has 0 bridgehead atoms. The second-order valence-electron chi connectivity index (χ2n) is 7.70. The van der Waals surface area contributed by atoms with Crippen LogP contribution in [-0.2, 0) is 22.9 Å². The van der Waals surface area contributed by atoms with Crippen LogP contribution in [-0.4, -0.2) is 29.7 Å². The number of ketones is 1. The zero-order chi connectivity index (χ0) is 22.6. The molecule has 0 saturated carbocycles. The Morgan fingerprint density at radius 2 is 1.77 bits per heavy atom. The molecule has 2 aromatic heterocycles. The van der Waals surface area contributed by atoms with Crippen molar-refractivity contribution in [3.63, 3.8) is 0 Å². The molecular formula is C22H21Br2N3O3S. The van der Waals surface area contributed by atoms with Gasteiger partial charge in [0.2, 0.25) is 10.0 Å². The highest BCUT2D eigenvalue weighted by Gasteiger charge is 2.27. The molecule has 0 unspecified atom stereocenters. The molecule has 3 aromatic rings. The standard InChI is InChI=1S/C22H21Br2N3O3S/c1-22(2,27-31(29,30)18-6-4-3-5-7-18)12-17-8-9-19(24)20(26-17)11-21(28)15-10-16(23)14-25-13-15/h3-10,13-14,27H,11-12H2,1-2H3. The van der Waals surface area contributed by atoms with Gasteiger partial charge in [0, 0.05) is 44.6 Å². The van der Waals surface area contributed by atoms with E-state index in [1.165, 1.54) is 6.20 Å². The number of hydrogen-bond donors (Lipinski definition) is 1. The van der Waals surface area contributed by atoms with Gasteiger partial charge in [-0.2, -0.15) is 0 Å². The summed E-state index contributed by atoms with van der Waals surface area (Å²) in [6.07, 6.45) is 3.59. The van der Waals surface area contributed by atoms with Crippen LogP contribution in [0.2, 0.25) is 0 Å². The third-order valence-electron chi connectivity index (χ3n) is 4.42. The number of carbonyl (C=O) groups excluding carboxylic acids is 1. The molecule has 0 aliphatic heterocycles. The summed E-state index contributed by atoms with van der Waals surface area (Å²) in [5, 5.41) is 0. The van der Waals surface area contributed by atoms with E-state index in [1.807, 2.05) is 12.1 Å². The Kier molecular flexibility index (Phi) is 7.41. The van der Waals surface area contributed by atoms with Gasteiger partial charge in [0.15, 0.2) is 5.78 Å². The van der Waals surface area contributed by atoms with Gasteiger partial charge in [-0.25, -0.2) is 13.1 Å². The number of benzene rings is 1. The zero-order valence-corrected chi connectivity index (χ0v) is 21.0. The van der Waals surface area contributed by atoms with Crippen LogP contribution >= 0.6 is 31.9 Å². The summed E-state index contributed by atoms with van der Waals surface area (Å²) < 4.78 is 29.6. The van der Waals surface area contributed by atoms with Gasteiger partial charge in [0.05, 0.1) is 17.0 Å². The van der Waals surface area contributed by atoms with Gasteiger partial charge in [-0.1, -0.05) is 18.2 Å². The summed E-state index contributed by atoms with van der Waals surface area (Å²) in [5.74, 6) is -0.108. The minimum Gasteiger partial charge on any atom is -0.294 e. The molecule has 1 aromatic carbocycles. The lowest BCUT2D eigenvalue weighted by Gasteiger charge is -2.26. The van der Waals surface area contributed by atoms with E-state index in [-0.39, 0.29) is 17.1 Å². The van der Waals surface area contributed by atoms with E-state index in [0.717, 1.165) is 8.95 Å². The first-order chi connectivity index (χ1) is 14.6. The van der Waals surface area contributed by atoms with Crippen molar-refractivity contribution in [1.82, 2.24) is 14.7 Å². The molecule has 6 nitrogen and oxygen atoms in total. The Morgan fingerprint density at radius 3 is 2.45 bits per heavy atom. The lowest BCUT2D eigenvalue weighted by atomic mass is 9.99. The van der Waals surface area contributed by atoms with Crippen LogP contribution in [0.5, 0.6) is 0 Å². The van der Waals surface area contributed by atoms with E-state index >= 15 is 0 Å². The quantitative estimate of drug-likeness (QED) is 0.398. The fourth-order valence-electron chi connectivity index (χ4n) is 3.08. The first-order valence-corrected chi connectivity index (χ1v) is 12.5. The number of aromatic nitrogens is 2. The van der Waals surface area contributed by atoms with Crippen molar-refractivity contribution in [3.05, 3.63) is 86.8 Å². The fourth-order valence-corrected chi connectivity index (χ4v) is 5.24. The van der Waals surface area contributed by atoms with E-state index in [9.17, 15) is 13.2 Å². The largest absolute Gasteiger partial charge is 0.294 e. The highest BCUT2D eigenvalue weighted by atomic mass is 79.9. The molecule has 0 spiro atoms. The van der Waals surface area contributed by atoms with Gasteiger partial charge in [-0.3, -0.25) is 14.8 Å². The van der Waals surface area contributed by atoms with Gasteiger partial charge in [0.1, 0.15) is 0 Å². The van der Waals surface area contributed by atoms with E-state index in [2.05, 4.69) is 46.5 Å². The van der Waals surface area contributed by atoms with Crippen LogP contribution in [0.3, 0.4) is 0 Å². The van der Waals surface area contributed by atoms with E-state index in [4.69, 9.17) is 0 Å². The van der Waals surface area contributed by atoms with Crippen LogP contribution < -0.4 is 4.72 Å². The molecule has 0 atom stereocenters. The summed E-state index contributed by atoms with van der Waals surface area (Å²) in [6, 6.07) is 13.6. The van der Waals surface area contributed by atoms with Gasteiger partial charge >= 0.3 is 0 Å². The molecule has 0 aliphatic rings. The van der Waals surface area contributed by atoms with Crippen molar-refractivity contribution in [2.75, 3.05) is 0 Å². The number of nitrogens with one attached hydrogen (secondary N) is 1. The summed E-state index contributed by atoms with van der Waals surface area (Å²) in [7, 11) is -3.67. The predicted molar refractivity (Wildman–Crippen MR) is 126 cm³/mol. The third kappa shape index (κ3) is 6.52. The van der Waals surface area contributed by atoms with Gasteiger partial charge in [0.25, 0.3) is 0 Å². The third-order valence-corrected chi connectivity index (χ3v) is 7.29. The van der Waals surface area contributed by atoms with E-state index < -0.39 is 15.6 Å². The fraction of sp³-hybridized carbons (Fsp3) is 0.227. The van der Waals surface area contributed by atoms with Crippen LogP contribution in [0.1, 0.15) is 35.6 Å². The van der Waals surface area contributed by atoms with Crippen molar-refractivity contribution < 1.29 is 13.2 Å². The van der Waals surface area contributed by atoms with Gasteiger partial charge in [-0.15, -0.1) is 0 Å². The maximum Gasteiger partial charge on any atom is 0.241 e. The predicted octanol–water partition coefficient (Wildman–Crippen LogP) is 4.73. The lowest BCUT2D eigenvalue weighted by molar-refractivity contribution is 0.0991. The molecule has 3 rings (SSSR count). The number of hydrogen-bond acceptors (Lipinski definition) is 5. The highest BCUT2D eigenvalue weighted by Crippen LogP contribution is 2.22. The molecule has 162 valence electrons. The number of rotatable bonds is 8. The smallest absolute Gasteiger partial charge is 0.241 e. The van der Waals surface area contributed by atoms with E-state index in [1.54, 1.807) is 56.4 Å². The van der Waals surface area contributed by atoms with Crippen LogP contribution in [0, 0.1) is 0 Å². The van der Waals surface area contributed by atoms with Crippen molar-refractivity contribution in [2.24, 2.45) is 0 Å². The Balaban J connectivity index is 1.77. The Hall–Kier alpha value is -1.94. The molecule has 9 heteroatoms. The summed E-state index contributed by atoms with van der Waals surface area (Å²) in [4.78, 5) is 21.5. The summed E-state index contributed by atoms with van der Waals surface area (Å²) in [5.41, 5.74) is 0.970. The molecular weight excluding hydrogens is 546 g/mol. The van der Waals surface area contributed by atoms with Gasteiger partial charge < -0.3 is 0 Å². The number of nitrogens with zero attached hydrogens (tertiary/aromatic N) is 2. The average molecular weight is 567 g/mol. The summed E-state index contributed by atoms with van der Waals surface area (Å²) >= 11 is 6.77. The first kappa shape index (κ1) is 23.7. The molecule has 2 heterocycles. The maximum atomic E-state index is 12.7. The molecule has 1 N–H and O–H groups in total. The molecule has 0 radical (unpaired) electrons. The monoisotopic (exact) mass is 565 g/mol. The minimum atomic E-state index is -3.67. The van der Waals surface area contributed by atoms with Crippen molar-refractivity contribution in [1.29, 1.82) is 0 Å². The molecule has 0 fully saturated rings. The van der Waals surface area contributed by atoms with Crippen LogP contribution in [0.4, 0.5) is 0 Å². The SMILES string of the molecule is CC(C)(Cc1ccc(Br)c(CC(=O)c2cncc(Br)c2)n1)NS(=O)(=O)c1ccccc1. The molecule has 31 heavy (non-hydrogen) atoms. The number of sulfonamides is 1. The minimum absolute atomic E-state index is 0.0999. The van der Waals surface area contributed by atoms with Crippen LogP contribution in [0.15, 0.2) is 74.8 Å². The average Bonchev–Trinajstić information content (AvgIpc) is 2.70. The normalized spacial score (nSPS) is 12.0. The number of pyridine rings is 2. The molecule has 0 saturated heterocycles.